The standard InChI is InChI=1S/C44H28O/c1-3-11-29(12-4-1)30-21-23-32(24-22-30)35-17-10-19-38-40(35)28-39-34(31-13-5-2-6-14-31)16-9-18-37(39)44(38)33-25-26-43-41(27-33)36-15-7-8-20-42(36)45-43/h1-28H. The molecule has 0 atom stereocenters. The topological polar surface area (TPSA) is 13.1 Å². The molecule has 0 bridgehead atoms. The van der Waals surface area contributed by atoms with Crippen molar-refractivity contribution in [2.45, 2.75) is 0 Å². The van der Waals surface area contributed by atoms with Gasteiger partial charge in [-0.3, -0.25) is 0 Å². The number of furan rings is 1. The van der Waals surface area contributed by atoms with E-state index < -0.39 is 0 Å². The van der Waals surface area contributed by atoms with Crippen LogP contribution in [0.4, 0.5) is 0 Å². The number of hydrogen-bond donors (Lipinski definition) is 0. The van der Waals surface area contributed by atoms with Crippen molar-refractivity contribution < 1.29 is 4.42 Å². The van der Waals surface area contributed by atoms with Gasteiger partial charge in [0.2, 0.25) is 0 Å². The van der Waals surface area contributed by atoms with Crippen molar-refractivity contribution in [1.29, 1.82) is 0 Å². The lowest BCUT2D eigenvalue weighted by Gasteiger charge is -2.17. The largest absolute Gasteiger partial charge is 0.456 e. The smallest absolute Gasteiger partial charge is 0.135 e. The van der Waals surface area contributed by atoms with Gasteiger partial charge in [-0.2, -0.15) is 0 Å². The lowest BCUT2D eigenvalue weighted by Crippen LogP contribution is -1.90. The Kier molecular flexibility index (Phi) is 5.89. The molecule has 0 amide bonds. The van der Waals surface area contributed by atoms with E-state index in [9.17, 15) is 0 Å². The quantitative estimate of drug-likeness (QED) is 0.191. The number of fused-ring (bicyclic) bond motifs is 5. The predicted octanol–water partition coefficient (Wildman–Crippen LogP) is 12.6. The highest BCUT2D eigenvalue weighted by Crippen LogP contribution is 2.44. The van der Waals surface area contributed by atoms with Crippen LogP contribution < -0.4 is 0 Å². The van der Waals surface area contributed by atoms with E-state index in [2.05, 4.69) is 158 Å². The Morgan fingerprint density at radius 2 is 0.756 bits per heavy atom. The van der Waals surface area contributed by atoms with Gasteiger partial charge in [0.25, 0.3) is 0 Å². The average Bonchev–Trinajstić information content (AvgIpc) is 3.49. The second-order valence-corrected chi connectivity index (χ2v) is 11.7. The molecule has 0 fully saturated rings. The fraction of sp³-hybridized carbons (Fsp3) is 0. The monoisotopic (exact) mass is 572 g/mol. The van der Waals surface area contributed by atoms with Crippen molar-refractivity contribution in [2.24, 2.45) is 0 Å². The van der Waals surface area contributed by atoms with Crippen LogP contribution >= 0.6 is 0 Å². The molecule has 0 radical (unpaired) electrons. The first-order chi connectivity index (χ1) is 22.3. The zero-order valence-corrected chi connectivity index (χ0v) is 24.6. The Morgan fingerprint density at radius 3 is 1.44 bits per heavy atom. The number of hydrogen-bond acceptors (Lipinski definition) is 1. The minimum Gasteiger partial charge on any atom is -0.456 e. The lowest BCUT2D eigenvalue weighted by atomic mass is 9.86. The molecule has 1 aromatic heterocycles. The van der Waals surface area contributed by atoms with Crippen molar-refractivity contribution in [3.05, 3.63) is 170 Å². The first kappa shape index (κ1) is 25.6. The highest BCUT2D eigenvalue weighted by molar-refractivity contribution is 6.20. The molecule has 1 heteroatoms. The third-order valence-electron chi connectivity index (χ3n) is 9.09. The molecular formula is C44H28O. The highest BCUT2D eigenvalue weighted by Gasteiger charge is 2.17. The SMILES string of the molecule is c1ccc(-c2ccc(-c3cccc4c(-c5ccc6oc7ccccc7c6c5)c5cccc(-c6ccccc6)c5cc34)cc2)cc1. The molecule has 9 aromatic rings. The maximum absolute atomic E-state index is 6.21. The van der Waals surface area contributed by atoms with Crippen LogP contribution in [0.3, 0.4) is 0 Å². The molecule has 210 valence electrons. The minimum absolute atomic E-state index is 0.911. The fourth-order valence-corrected chi connectivity index (χ4v) is 6.95. The Morgan fingerprint density at radius 1 is 0.267 bits per heavy atom. The zero-order chi connectivity index (χ0) is 29.7. The Hall–Kier alpha value is -5.92. The molecule has 0 aliphatic carbocycles. The molecular weight excluding hydrogens is 544 g/mol. The van der Waals surface area contributed by atoms with Gasteiger partial charge in [0.15, 0.2) is 0 Å². The highest BCUT2D eigenvalue weighted by atomic mass is 16.3. The van der Waals surface area contributed by atoms with E-state index in [1.807, 2.05) is 12.1 Å². The Labute approximate surface area is 261 Å². The summed E-state index contributed by atoms with van der Waals surface area (Å²) in [6.07, 6.45) is 0. The molecule has 8 aromatic carbocycles. The van der Waals surface area contributed by atoms with Gasteiger partial charge in [-0.1, -0.05) is 146 Å². The predicted molar refractivity (Wildman–Crippen MR) is 190 cm³/mol. The van der Waals surface area contributed by atoms with Crippen LogP contribution in [0.2, 0.25) is 0 Å². The van der Waals surface area contributed by atoms with Gasteiger partial charge in [-0.05, 0) is 90.3 Å². The van der Waals surface area contributed by atoms with Gasteiger partial charge in [0.05, 0.1) is 0 Å². The third kappa shape index (κ3) is 4.24. The van der Waals surface area contributed by atoms with Gasteiger partial charge in [-0.15, -0.1) is 0 Å². The molecule has 0 aliphatic rings. The molecule has 0 N–H and O–H groups in total. The van der Waals surface area contributed by atoms with Gasteiger partial charge in [0, 0.05) is 10.8 Å². The average molecular weight is 573 g/mol. The molecule has 0 spiro atoms. The summed E-state index contributed by atoms with van der Waals surface area (Å²) < 4.78 is 6.21. The number of para-hydroxylation sites is 1. The molecule has 0 unspecified atom stereocenters. The van der Waals surface area contributed by atoms with E-state index in [1.54, 1.807) is 0 Å². The fourth-order valence-electron chi connectivity index (χ4n) is 6.95. The minimum atomic E-state index is 0.911. The molecule has 45 heavy (non-hydrogen) atoms. The number of benzene rings is 8. The maximum Gasteiger partial charge on any atom is 0.135 e. The maximum atomic E-state index is 6.21. The first-order valence-corrected chi connectivity index (χ1v) is 15.4. The molecule has 0 saturated heterocycles. The van der Waals surface area contributed by atoms with Crippen molar-refractivity contribution in [2.75, 3.05) is 0 Å². The summed E-state index contributed by atoms with van der Waals surface area (Å²) in [6, 6.07) is 61.1. The van der Waals surface area contributed by atoms with Crippen molar-refractivity contribution in [3.8, 4) is 44.5 Å². The van der Waals surface area contributed by atoms with Gasteiger partial charge in [0.1, 0.15) is 11.2 Å². The third-order valence-corrected chi connectivity index (χ3v) is 9.09. The summed E-state index contributed by atoms with van der Waals surface area (Å²) in [7, 11) is 0. The summed E-state index contributed by atoms with van der Waals surface area (Å²) in [5, 5.41) is 7.25. The van der Waals surface area contributed by atoms with E-state index >= 15 is 0 Å². The van der Waals surface area contributed by atoms with Crippen LogP contribution in [0, 0.1) is 0 Å². The number of rotatable bonds is 4. The van der Waals surface area contributed by atoms with E-state index in [0.717, 1.165) is 21.9 Å². The van der Waals surface area contributed by atoms with E-state index in [1.165, 1.54) is 66.1 Å². The molecule has 0 aliphatic heterocycles. The van der Waals surface area contributed by atoms with E-state index in [0.29, 0.717) is 0 Å². The second kappa shape index (κ2) is 10.4. The van der Waals surface area contributed by atoms with Crippen molar-refractivity contribution in [3.63, 3.8) is 0 Å². The van der Waals surface area contributed by atoms with E-state index in [4.69, 9.17) is 4.42 Å². The summed E-state index contributed by atoms with van der Waals surface area (Å²) in [4.78, 5) is 0. The Balaban J connectivity index is 1.34. The summed E-state index contributed by atoms with van der Waals surface area (Å²) >= 11 is 0. The zero-order valence-electron chi connectivity index (χ0n) is 24.6. The molecule has 1 heterocycles. The van der Waals surface area contributed by atoms with Crippen LogP contribution in [-0.2, 0) is 0 Å². The molecule has 0 saturated carbocycles. The molecule has 9 rings (SSSR count). The van der Waals surface area contributed by atoms with Crippen LogP contribution in [-0.4, -0.2) is 0 Å². The van der Waals surface area contributed by atoms with Crippen LogP contribution in [0.1, 0.15) is 0 Å². The van der Waals surface area contributed by atoms with E-state index in [-0.39, 0.29) is 0 Å². The van der Waals surface area contributed by atoms with Crippen molar-refractivity contribution >= 4 is 43.5 Å². The summed E-state index contributed by atoms with van der Waals surface area (Å²) in [5.74, 6) is 0. The normalized spacial score (nSPS) is 11.6. The summed E-state index contributed by atoms with van der Waals surface area (Å²) in [5.41, 5.74) is 11.6. The lowest BCUT2D eigenvalue weighted by molar-refractivity contribution is 0.669. The molecule has 1 nitrogen and oxygen atoms in total. The van der Waals surface area contributed by atoms with Gasteiger partial charge in [-0.25, -0.2) is 0 Å². The summed E-state index contributed by atoms with van der Waals surface area (Å²) in [6.45, 7) is 0. The Bertz CT molecular complexity index is 2500. The van der Waals surface area contributed by atoms with Gasteiger partial charge < -0.3 is 4.42 Å². The van der Waals surface area contributed by atoms with Crippen LogP contribution in [0.25, 0.3) is 88.0 Å². The van der Waals surface area contributed by atoms with Crippen LogP contribution in [0.15, 0.2) is 174 Å². The second-order valence-electron chi connectivity index (χ2n) is 11.7. The van der Waals surface area contributed by atoms with Crippen LogP contribution in [0.5, 0.6) is 0 Å². The van der Waals surface area contributed by atoms with Crippen molar-refractivity contribution in [1.82, 2.24) is 0 Å². The van der Waals surface area contributed by atoms with Gasteiger partial charge >= 0.3 is 0 Å². The first-order valence-electron chi connectivity index (χ1n) is 15.4.